The second kappa shape index (κ2) is 6.47. The van der Waals surface area contributed by atoms with Gasteiger partial charge in [0.2, 0.25) is 0 Å². The first-order valence-corrected chi connectivity index (χ1v) is 7.70. The van der Waals surface area contributed by atoms with Crippen LogP contribution in [0.5, 0.6) is 0 Å². The molecule has 1 fully saturated rings. The summed E-state index contributed by atoms with van der Waals surface area (Å²) in [6, 6.07) is 1.70. The summed E-state index contributed by atoms with van der Waals surface area (Å²) in [5.74, 6) is 0.694. The molecule has 6 heteroatoms. The molecule has 6 nitrogen and oxygen atoms in total. The number of urea groups is 1. The van der Waals surface area contributed by atoms with Gasteiger partial charge in [-0.3, -0.25) is 10.00 Å². The average Bonchev–Trinajstić information content (AvgIpc) is 2.95. The van der Waals surface area contributed by atoms with Crippen LogP contribution in [0.3, 0.4) is 0 Å². The van der Waals surface area contributed by atoms with Crippen molar-refractivity contribution >= 4 is 11.8 Å². The van der Waals surface area contributed by atoms with E-state index in [9.17, 15) is 9.90 Å². The number of hydrogen-bond donors (Lipinski definition) is 3. The molecule has 1 aromatic heterocycles. The molecular weight excluding hydrogens is 268 g/mol. The molecule has 1 heterocycles. The highest BCUT2D eigenvalue weighted by Crippen LogP contribution is 2.37. The fourth-order valence-electron chi connectivity index (χ4n) is 3.00. The minimum atomic E-state index is -0.229. The monoisotopic (exact) mass is 294 g/mol. The number of aryl methyl sites for hydroxylation is 2. The number of rotatable bonds is 5. The molecule has 0 aliphatic heterocycles. The molecule has 21 heavy (non-hydrogen) atoms. The molecule has 1 saturated carbocycles. The van der Waals surface area contributed by atoms with Crippen molar-refractivity contribution in [2.24, 2.45) is 12.5 Å². The van der Waals surface area contributed by atoms with Crippen LogP contribution in [-0.2, 0) is 13.5 Å². The lowest BCUT2D eigenvalue weighted by Gasteiger charge is -2.30. The van der Waals surface area contributed by atoms with Gasteiger partial charge in [0.25, 0.3) is 0 Å². The molecule has 118 valence electrons. The van der Waals surface area contributed by atoms with E-state index < -0.39 is 0 Å². The van der Waals surface area contributed by atoms with Crippen molar-refractivity contribution in [3.05, 3.63) is 11.8 Å². The first kappa shape index (κ1) is 15.8. The fraction of sp³-hybridized carbons (Fsp3) is 0.733. The summed E-state index contributed by atoms with van der Waals surface area (Å²) >= 11 is 0. The molecule has 0 saturated heterocycles. The lowest BCUT2D eigenvalue weighted by molar-refractivity contribution is 0.122. The molecule has 0 spiro atoms. The van der Waals surface area contributed by atoms with E-state index in [4.69, 9.17) is 0 Å². The zero-order chi connectivity index (χ0) is 15.5. The highest BCUT2D eigenvalue weighted by Gasteiger charge is 2.39. The van der Waals surface area contributed by atoms with Gasteiger partial charge in [0.15, 0.2) is 0 Å². The summed E-state index contributed by atoms with van der Waals surface area (Å²) in [5.41, 5.74) is 0.772. The van der Waals surface area contributed by atoms with Crippen LogP contribution in [0.2, 0.25) is 0 Å². The lowest BCUT2D eigenvalue weighted by Crippen LogP contribution is -2.46. The lowest BCUT2D eigenvalue weighted by atomic mass is 9.86. The number of aliphatic hydroxyl groups is 1. The van der Waals surface area contributed by atoms with Crippen LogP contribution in [-0.4, -0.2) is 33.6 Å². The SMILES string of the molecule is CCCc1cc(NC(=O)NC2CCCC2(C)CO)n(C)n1. The van der Waals surface area contributed by atoms with Crippen molar-refractivity contribution in [2.75, 3.05) is 11.9 Å². The van der Waals surface area contributed by atoms with E-state index in [1.54, 1.807) is 4.68 Å². The van der Waals surface area contributed by atoms with Gasteiger partial charge in [-0.1, -0.05) is 26.7 Å². The second-order valence-electron chi connectivity index (χ2n) is 6.25. The predicted molar refractivity (Wildman–Crippen MR) is 82.2 cm³/mol. The van der Waals surface area contributed by atoms with Crippen LogP contribution in [0, 0.1) is 5.41 Å². The number of carbonyl (C=O) groups excluding carboxylic acids is 1. The van der Waals surface area contributed by atoms with Crippen molar-refractivity contribution in [1.82, 2.24) is 15.1 Å². The Bertz CT molecular complexity index is 500. The van der Waals surface area contributed by atoms with Crippen LogP contribution in [0.25, 0.3) is 0 Å². The molecule has 2 unspecified atom stereocenters. The Morgan fingerprint density at radius 2 is 2.38 bits per heavy atom. The third kappa shape index (κ3) is 3.56. The molecule has 3 N–H and O–H groups in total. The minimum Gasteiger partial charge on any atom is -0.396 e. The maximum absolute atomic E-state index is 12.1. The zero-order valence-corrected chi connectivity index (χ0v) is 13.1. The standard InChI is InChI=1S/C15H26N4O2/c1-4-6-11-9-13(19(3)18-11)17-14(21)16-12-7-5-8-15(12,2)10-20/h9,12,20H,4-8,10H2,1-3H3,(H2,16,17,21). The van der Waals surface area contributed by atoms with Gasteiger partial charge in [-0.05, 0) is 19.3 Å². The van der Waals surface area contributed by atoms with Crippen molar-refractivity contribution < 1.29 is 9.90 Å². The quantitative estimate of drug-likeness (QED) is 0.777. The molecule has 0 bridgehead atoms. The van der Waals surface area contributed by atoms with Crippen molar-refractivity contribution in [3.63, 3.8) is 0 Å². The Hall–Kier alpha value is -1.56. The van der Waals surface area contributed by atoms with E-state index >= 15 is 0 Å². The third-order valence-electron chi connectivity index (χ3n) is 4.43. The van der Waals surface area contributed by atoms with Gasteiger partial charge < -0.3 is 10.4 Å². The number of hydrogen-bond acceptors (Lipinski definition) is 3. The summed E-state index contributed by atoms with van der Waals surface area (Å²) in [5, 5.41) is 19.7. The molecule has 1 aliphatic carbocycles. The highest BCUT2D eigenvalue weighted by atomic mass is 16.3. The maximum Gasteiger partial charge on any atom is 0.320 e. The van der Waals surface area contributed by atoms with Crippen LogP contribution in [0.1, 0.15) is 45.2 Å². The van der Waals surface area contributed by atoms with E-state index in [-0.39, 0.29) is 24.1 Å². The molecule has 1 aliphatic rings. The Morgan fingerprint density at radius 3 is 3.05 bits per heavy atom. The van der Waals surface area contributed by atoms with Gasteiger partial charge in [-0.25, -0.2) is 4.79 Å². The molecule has 0 aromatic carbocycles. The van der Waals surface area contributed by atoms with E-state index in [0.29, 0.717) is 5.82 Å². The second-order valence-corrected chi connectivity index (χ2v) is 6.25. The zero-order valence-electron chi connectivity index (χ0n) is 13.1. The highest BCUT2D eigenvalue weighted by molar-refractivity contribution is 5.88. The Morgan fingerprint density at radius 1 is 1.62 bits per heavy atom. The minimum absolute atomic E-state index is 0.0193. The molecule has 2 amide bonds. The van der Waals surface area contributed by atoms with Crippen LogP contribution in [0.15, 0.2) is 6.07 Å². The summed E-state index contributed by atoms with van der Waals surface area (Å²) in [6.45, 7) is 4.23. The molecule has 0 radical (unpaired) electrons. The number of nitrogens with zero attached hydrogens (tertiary/aromatic N) is 2. The van der Waals surface area contributed by atoms with Gasteiger partial charge in [0.1, 0.15) is 5.82 Å². The van der Waals surface area contributed by atoms with E-state index in [0.717, 1.165) is 37.8 Å². The van der Waals surface area contributed by atoms with Gasteiger partial charge in [0.05, 0.1) is 12.3 Å². The number of amides is 2. The molecular formula is C15H26N4O2. The van der Waals surface area contributed by atoms with Crippen molar-refractivity contribution in [2.45, 2.75) is 52.0 Å². The van der Waals surface area contributed by atoms with Gasteiger partial charge in [-0.15, -0.1) is 0 Å². The predicted octanol–water partition coefficient (Wildman–Crippen LogP) is 2.05. The summed E-state index contributed by atoms with van der Waals surface area (Å²) in [7, 11) is 1.82. The van der Waals surface area contributed by atoms with Gasteiger partial charge in [-0.2, -0.15) is 5.10 Å². The number of anilines is 1. The molecule has 2 rings (SSSR count). The Kier molecular flexibility index (Phi) is 4.88. The summed E-state index contributed by atoms with van der Waals surface area (Å²) < 4.78 is 1.68. The number of carbonyl (C=O) groups is 1. The van der Waals surface area contributed by atoms with Crippen LogP contribution in [0.4, 0.5) is 10.6 Å². The number of aromatic nitrogens is 2. The van der Waals surface area contributed by atoms with E-state index in [2.05, 4.69) is 22.7 Å². The molecule has 1 aromatic rings. The maximum atomic E-state index is 12.1. The fourth-order valence-corrected chi connectivity index (χ4v) is 3.00. The largest absolute Gasteiger partial charge is 0.396 e. The Labute approximate surface area is 125 Å². The smallest absolute Gasteiger partial charge is 0.320 e. The van der Waals surface area contributed by atoms with Crippen LogP contribution >= 0.6 is 0 Å². The van der Waals surface area contributed by atoms with Gasteiger partial charge >= 0.3 is 6.03 Å². The summed E-state index contributed by atoms with van der Waals surface area (Å²) in [4.78, 5) is 12.1. The number of nitrogens with one attached hydrogen (secondary N) is 2. The van der Waals surface area contributed by atoms with Crippen LogP contribution < -0.4 is 10.6 Å². The van der Waals surface area contributed by atoms with Crippen molar-refractivity contribution in [1.29, 1.82) is 0 Å². The first-order valence-electron chi connectivity index (χ1n) is 7.70. The normalized spacial score (nSPS) is 25.0. The topological polar surface area (TPSA) is 79.2 Å². The van der Waals surface area contributed by atoms with E-state index in [1.165, 1.54) is 0 Å². The first-order chi connectivity index (χ1) is 9.98. The third-order valence-corrected chi connectivity index (χ3v) is 4.43. The average molecular weight is 294 g/mol. The van der Waals surface area contributed by atoms with Crippen molar-refractivity contribution in [3.8, 4) is 0 Å². The van der Waals surface area contributed by atoms with E-state index in [1.807, 2.05) is 20.0 Å². The molecule has 2 atom stereocenters. The summed E-state index contributed by atoms with van der Waals surface area (Å²) in [6.07, 6.45) is 4.83. The Balaban J connectivity index is 1.95. The number of aliphatic hydroxyl groups excluding tert-OH is 1. The van der Waals surface area contributed by atoms with Gasteiger partial charge in [0, 0.05) is 24.6 Å².